The van der Waals surface area contributed by atoms with Crippen LogP contribution in [0.25, 0.3) is 0 Å². The van der Waals surface area contributed by atoms with Crippen LogP contribution in [0.4, 0.5) is 0 Å². The van der Waals surface area contributed by atoms with E-state index < -0.39 is 0 Å². The topological polar surface area (TPSA) is 3.88 Å². The normalized spacial score (nSPS) is 13.5. The summed E-state index contributed by atoms with van der Waals surface area (Å²) < 4.78 is 2.38. The lowest BCUT2D eigenvalue weighted by atomic mass is 9.96. The lowest BCUT2D eigenvalue weighted by Gasteiger charge is -2.12. The molecule has 80 valence electrons. The van der Waals surface area contributed by atoms with Crippen LogP contribution < -0.4 is 17.0 Å². The molecule has 0 radical (unpaired) electrons. The van der Waals surface area contributed by atoms with Gasteiger partial charge in [0.2, 0.25) is 0 Å². The Morgan fingerprint density at radius 3 is 2.71 bits per heavy atom. The Bertz CT molecular complexity index is 269. The summed E-state index contributed by atoms with van der Waals surface area (Å²) in [5.41, 5.74) is 3.15. The Labute approximate surface area is 93.6 Å². The lowest BCUT2D eigenvalue weighted by Crippen LogP contribution is -3.00. The molecule has 1 aliphatic carbocycles. The molecule has 0 atom stereocenters. The van der Waals surface area contributed by atoms with E-state index in [1.54, 1.807) is 11.3 Å². The van der Waals surface area contributed by atoms with Gasteiger partial charge in [0.05, 0.1) is 0 Å². The minimum atomic E-state index is 0. The highest BCUT2D eigenvalue weighted by atomic mass is 35.5. The summed E-state index contributed by atoms with van der Waals surface area (Å²) in [6.07, 6.45) is 7.52. The van der Waals surface area contributed by atoms with Crippen LogP contribution in [-0.4, -0.2) is 0 Å². The van der Waals surface area contributed by atoms with Crippen molar-refractivity contribution in [1.82, 2.24) is 0 Å². The first-order valence-electron chi connectivity index (χ1n) is 4.92. The molecule has 1 aromatic heterocycles. The van der Waals surface area contributed by atoms with Gasteiger partial charge in [0, 0.05) is 18.1 Å². The first-order chi connectivity index (χ1) is 5.92. The molecular formula is C12H20ClN. The Balaban J connectivity index is 0.000000845. The van der Waals surface area contributed by atoms with Gasteiger partial charge in [-0.15, -0.1) is 0 Å². The lowest BCUT2D eigenvalue weighted by molar-refractivity contribution is -0.701. The zero-order valence-corrected chi connectivity index (χ0v) is 8.85. The zero-order chi connectivity index (χ0) is 8.39. The summed E-state index contributed by atoms with van der Waals surface area (Å²) in [7, 11) is 0. The van der Waals surface area contributed by atoms with E-state index in [9.17, 15) is 0 Å². The second-order valence-electron chi connectivity index (χ2n) is 3.47. The van der Waals surface area contributed by atoms with Crippen LogP contribution in [0.15, 0.2) is 18.3 Å². The Morgan fingerprint density at radius 1 is 1.29 bits per heavy atom. The van der Waals surface area contributed by atoms with Gasteiger partial charge in [-0.2, -0.15) is 0 Å². The molecule has 14 heavy (non-hydrogen) atoms. The van der Waals surface area contributed by atoms with Crippen LogP contribution in [0.1, 0.15) is 38.4 Å². The molecule has 2 heteroatoms. The predicted molar refractivity (Wildman–Crippen MR) is 55.7 cm³/mol. The smallest absolute Gasteiger partial charge is 0.184 e. The summed E-state index contributed by atoms with van der Waals surface area (Å²) in [5, 5.41) is 0. The third-order valence-corrected chi connectivity index (χ3v) is 2.73. The van der Waals surface area contributed by atoms with Gasteiger partial charge in [-0.3, -0.25) is 0 Å². The highest BCUT2D eigenvalue weighted by Crippen LogP contribution is 2.16. The van der Waals surface area contributed by atoms with Crippen LogP contribution >= 0.6 is 0 Å². The molecule has 0 amide bonds. The van der Waals surface area contributed by atoms with Crippen LogP contribution in [0.2, 0.25) is 0 Å². The summed E-state index contributed by atoms with van der Waals surface area (Å²) in [6, 6.07) is 4.45. The maximum Gasteiger partial charge on any atom is 0.184 e. The third-order valence-electron chi connectivity index (χ3n) is 2.73. The van der Waals surface area contributed by atoms with Crippen LogP contribution in [0, 0.1) is 0 Å². The highest BCUT2D eigenvalue weighted by Gasteiger charge is 2.17. The zero-order valence-electron chi connectivity index (χ0n) is 8.09. The van der Waals surface area contributed by atoms with E-state index in [0.29, 0.717) is 0 Å². The monoisotopic (exact) mass is 213 g/mol. The Hall–Kier alpha value is -0.560. The number of fused-ring (bicyclic) bond motifs is 1. The van der Waals surface area contributed by atoms with Crippen molar-refractivity contribution in [3.05, 3.63) is 29.6 Å². The van der Waals surface area contributed by atoms with Gasteiger partial charge in [0.15, 0.2) is 11.9 Å². The molecule has 0 fully saturated rings. The second-order valence-corrected chi connectivity index (χ2v) is 3.47. The SMILES string of the molecule is C.CC[n+]1cccc2c1CCCC2.[Cl-]. The predicted octanol–water partition coefficient (Wildman–Crippen LogP) is -0.487. The molecule has 0 bridgehead atoms. The maximum atomic E-state index is 2.38. The molecule has 0 spiro atoms. The van der Waals surface area contributed by atoms with E-state index in [1.807, 2.05) is 0 Å². The molecule has 1 aliphatic rings. The van der Waals surface area contributed by atoms with Gasteiger partial charge in [-0.05, 0) is 32.3 Å². The van der Waals surface area contributed by atoms with E-state index in [2.05, 4.69) is 29.8 Å². The summed E-state index contributed by atoms with van der Waals surface area (Å²) in [5.74, 6) is 0. The Morgan fingerprint density at radius 2 is 2.00 bits per heavy atom. The van der Waals surface area contributed by atoms with Gasteiger partial charge in [-0.25, -0.2) is 4.57 Å². The number of nitrogens with zero attached hydrogens (tertiary/aromatic N) is 1. The van der Waals surface area contributed by atoms with Gasteiger partial charge < -0.3 is 12.4 Å². The number of pyridine rings is 1. The van der Waals surface area contributed by atoms with Crippen LogP contribution in [0.3, 0.4) is 0 Å². The van der Waals surface area contributed by atoms with E-state index in [-0.39, 0.29) is 19.8 Å². The minimum absolute atomic E-state index is 0. The number of rotatable bonds is 1. The van der Waals surface area contributed by atoms with Crippen molar-refractivity contribution in [3.8, 4) is 0 Å². The summed E-state index contributed by atoms with van der Waals surface area (Å²) in [6.45, 7) is 3.33. The Kier molecular flexibility index (Phi) is 5.78. The van der Waals surface area contributed by atoms with E-state index in [0.717, 1.165) is 6.54 Å². The summed E-state index contributed by atoms with van der Waals surface area (Å²) >= 11 is 0. The number of hydrogen-bond donors (Lipinski definition) is 0. The van der Waals surface area contributed by atoms with Crippen molar-refractivity contribution in [2.75, 3.05) is 0 Å². The highest BCUT2D eigenvalue weighted by molar-refractivity contribution is 5.18. The fourth-order valence-electron chi connectivity index (χ4n) is 2.07. The van der Waals surface area contributed by atoms with E-state index in [4.69, 9.17) is 0 Å². The number of aryl methyl sites for hydroxylation is 2. The maximum absolute atomic E-state index is 2.38. The first-order valence-corrected chi connectivity index (χ1v) is 4.92. The van der Waals surface area contributed by atoms with Crippen molar-refractivity contribution >= 4 is 0 Å². The van der Waals surface area contributed by atoms with E-state index >= 15 is 0 Å². The van der Waals surface area contributed by atoms with Crippen molar-refractivity contribution < 1.29 is 17.0 Å². The third kappa shape index (κ3) is 2.48. The van der Waals surface area contributed by atoms with Gasteiger partial charge in [0.1, 0.15) is 6.54 Å². The summed E-state index contributed by atoms with van der Waals surface area (Å²) in [4.78, 5) is 0. The molecule has 0 N–H and O–H groups in total. The molecule has 2 rings (SSSR count). The number of hydrogen-bond acceptors (Lipinski definition) is 0. The first kappa shape index (κ1) is 13.4. The van der Waals surface area contributed by atoms with Crippen molar-refractivity contribution in [3.63, 3.8) is 0 Å². The van der Waals surface area contributed by atoms with Gasteiger partial charge >= 0.3 is 0 Å². The number of aromatic nitrogens is 1. The van der Waals surface area contributed by atoms with Crippen molar-refractivity contribution in [2.45, 2.75) is 46.6 Å². The number of halogens is 1. The van der Waals surface area contributed by atoms with E-state index in [1.165, 1.54) is 25.7 Å². The fourth-order valence-corrected chi connectivity index (χ4v) is 2.07. The fraction of sp³-hybridized carbons (Fsp3) is 0.583. The molecule has 0 saturated heterocycles. The van der Waals surface area contributed by atoms with Crippen molar-refractivity contribution in [2.24, 2.45) is 0 Å². The second kappa shape index (κ2) is 6.02. The molecule has 0 aliphatic heterocycles. The molecule has 1 heterocycles. The minimum Gasteiger partial charge on any atom is -1.00 e. The average molecular weight is 214 g/mol. The molecule has 0 unspecified atom stereocenters. The molecule has 0 saturated carbocycles. The molecule has 0 aromatic carbocycles. The standard InChI is InChI=1S/C11H16N.CH4.ClH/c1-2-12-9-5-7-10-6-3-4-8-11(10)12;;/h5,7,9H,2-4,6,8H2,1H3;1H4;1H/q+1;;/p-1. The van der Waals surface area contributed by atoms with Crippen molar-refractivity contribution in [1.29, 1.82) is 0 Å². The molecular weight excluding hydrogens is 194 g/mol. The van der Waals surface area contributed by atoms with Gasteiger partial charge in [-0.1, -0.05) is 7.43 Å². The van der Waals surface area contributed by atoms with Gasteiger partial charge in [0.25, 0.3) is 0 Å². The average Bonchev–Trinajstić information content (AvgIpc) is 2.17. The largest absolute Gasteiger partial charge is 1.00 e. The van der Waals surface area contributed by atoms with Crippen LogP contribution in [0.5, 0.6) is 0 Å². The molecule has 1 aromatic rings. The molecule has 1 nitrogen and oxygen atoms in total. The quantitative estimate of drug-likeness (QED) is 0.555. The van der Waals surface area contributed by atoms with Crippen LogP contribution in [-0.2, 0) is 19.4 Å².